The molecular formula is C15H19N3O. The number of nitrogens with one attached hydrogen (secondary N) is 1. The lowest BCUT2D eigenvalue weighted by Crippen LogP contribution is -2.29. The number of Topliss-reactive ketones (excluding diaryl/α,β-unsaturated/α-hetero) is 1. The largest absolute Gasteiger partial charge is 0.331 e. The van der Waals surface area contributed by atoms with Gasteiger partial charge in [0.05, 0.1) is 17.5 Å². The summed E-state index contributed by atoms with van der Waals surface area (Å²) in [5.74, 6) is 1.31. The molecule has 0 saturated carbocycles. The number of carbonyl (C=O) groups is 1. The van der Waals surface area contributed by atoms with E-state index in [4.69, 9.17) is 0 Å². The Balaban J connectivity index is 1.85. The van der Waals surface area contributed by atoms with Gasteiger partial charge in [-0.15, -0.1) is 0 Å². The van der Waals surface area contributed by atoms with Crippen LogP contribution in [0.3, 0.4) is 0 Å². The monoisotopic (exact) mass is 257 g/mol. The maximum atomic E-state index is 12.4. The maximum Gasteiger partial charge on any atom is 0.145 e. The second kappa shape index (κ2) is 4.78. The Kier molecular flexibility index (Phi) is 3.11. The van der Waals surface area contributed by atoms with E-state index in [1.165, 1.54) is 0 Å². The van der Waals surface area contributed by atoms with Gasteiger partial charge in [-0.2, -0.15) is 0 Å². The first-order chi connectivity index (χ1) is 9.16. The number of carbonyl (C=O) groups excluding carboxylic acids is 1. The number of aryl methyl sites for hydroxylation is 1. The van der Waals surface area contributed by atoms with Crippen LogP contribution in [0, 0.1) is 5.92 Å². The van der Waals surface area contributed by atoms with E-state index < -0.39 is 0 Å². The minimum Gasteiger partial charge on any atom is -0.331 e. The van der Waals surface area contributed by atoms with Crippen LogP contribution in [0.4, 0.5) is 0 Å². The molecule has 0 aliphatic carbocycles. The van der Waals surface area contributed by atoms with Crippen LogP contribution in [0.5, 0.6) is 0 Å². The van der Waals surface area contributed by atoms with Gasteiger partial charge in [0, 0.05) is 19.0 Å². The number of benzene rings is 1. The first-order valence-electron chi connectivity index (χ1n) is 6.83. The van der Waals surface area contributed by atoms with Crippen LogP contribution in [-0.2, 0) is 18.3 Å². The lowest BCUT2D eigenvalue weighted by molar-refractivity contribution is -0.122. The van der Waals surface area contributed by atoms with Gasteiger partial charge in [-0.3, -0.25) is 4.79 Å². The van der Waals surface area contributed by atoms with E-state index in [-0.39, 0.29) is 5.92 Å². The summed E-state index contributed by atoms with van der Waals surface area (Å²) in [7, 11) is 1.98. The molecule has 3 rings (SSSR count). The lowest BCUT2D eigenvalue weighted by Gasteiger charge is -2.13. The van der Waals surface area contributed by atoms with Crippen LogP contribution >= 0.6 is 0 Å². The Hall–Kier alpha value is -1.68. The number of fused-ring (bicyclic) bond motifs is 1. The minimum absolute atomic E-state index is 0.139. The van der Waals surface area contributed by atoms with E-state index in [0.29, 0.717) is 18.2 Å². The summed E-state index contributed by atoms with van der Waals surface area (Å²) in [6.45, 7) is 3.03. The molecule has 100 valence electrons. The highest BCUT2D eigenvalue weighted by Gasteiger charge is 2.29. The van der Waals surface area contributed by atoms with Crippen molar-refractivity contribution in [2.24, 2.45) is 13.0 Å². The van der Waals surface area contributed by atoms with E-state index in [1.54, 1.807) is 0 Å². The summed E-state index contributed by atoms with van der Waals surface area (Å²) in [5, 5.41) is 3.33. The Labute approximate surface area is 112 Å². The molecule has 19 heavy (non-hydrogen) atoms. The third kappa shape index (κ3) is 2.16. The average Bonchev–Trinajstić information content (AvgIpc) is 2.95. The number of aromatic nitrogens is 2. The molecule has 2 heterocycles. The van der Waals surface area contributed by atoms with Crippen molar-refractivity contribution < 1.29 is 4.79 Å². The summed E-state index contributed by atoms with van der Waals surface area (Å²) in [6.07, 6.45) is 1.38. The van der Waals surface area contributed by atoms with Gasteiger partial charge in [-0.05, 0) is 32.0 Å². The topological polar surface area (TPSA) is 46.9 Å². The number of hydrogen-bond acceptors (Lipinski definition) is 3. The van der Waals surface area contributed by atoms with E-state index in [9.17, 15) is 4.79 Å². The van der Waals surface area contributed by atoms with Crippen molar-refractivity contribution in [1.82, 2.24) is 14.9 Å². The molecular weight excluding hydrogens is 238 g/mol. The van der Waals surface area contributed by atoms with Crippen molar-refractivity contribution in [3.8, 4) is 0 Å². The van der Waals surface area contributed by atoms with E-state index in [0.717, 1.165) is 29.8 Å². The predicted molar refractivity (Wildman–Crippen MR) is 75.0 cm³/mol. The highest BCUT2D eigenvalue weighted by atomic mass is 16.1. The fourth-order valence-corrected chi connectivity index (χ4v) is 2.94. The first kappa shape index (κ1) is 12.4. The normalized spacial score (nSPS) is 23.1. The molecule has 0 radical (unpaired) electrons. The predicted octanol–water partition coefficient (Wildman–Crippen LogP) is 1.68. The van der Waals surface area contributed by atoms with Crippen LogP contribution in [0.15, 0.2) is 24.3 Å². The zero-order valence-corrected chi connectivity index (χ0v) is 11.4. The number of imidazole rings is 1. The molecule has 1 aromatic heterocycles. The van der Waals surface area contributed by atoms with Gasteiger partial charge in [-0.25, -0.2) is 4.98 Å². The van der Waals surface area contributed by atoms with Gasteiger partial charge in [0.2, 0.25) is 0 Å². The molecule has 2 unspecified atom stereocenters. The summed E-state index contributed by atoms with van der Waals surface area (Å²) < 4.78 is 2.03. The van der Waals surface area contributed by atoms with Gasteiger partial charge in [0.15, 0.2) is 0 Å². The van der Waals surface area contributed by atoms with Crippen LogP contribution in [0.1, 0.15) is 19.2 Å². The molecule has 1 aromatic carbocycles. The summed E-state index contributed by atoms with van der Waals surface area (Å²) in [6, 6.07) is 8.30. The lowest BCUT2D eigenvalue weighted by atomic mass is 9.95. The quantitative estimate of drug-likeness (QED) is 0.910. The van der Waals surface area contributed by atoms with Crippen LogP contribution < -0.4 is 5.32 Å². The Morgan fingerprint density at radius 1 is 1.47 bits per heavy atom. The molecule has 4 heteroatoms. The minimum atomic E-state index is 0.139. The molecule has 2 aromatic rings. The summed E-state index contributed by atoms with van der Waals surface area (Å²) in [4.78, 5) is 16.9. The van der Waals surface area contributed by atoms with Gasteiger partial charge in [-0.1, -0.05) is 12.1 Å². The molecule has 1 saturated heterocycles. The first-order valence-corrected chi connectivity index (χ1v) is 6.83. The highest BCUT2D eigenvalue weighted by molar-refractivity contribution is 5.85. The number of para-hydroxylation sites is 2. The van der Waals surface area contributed by atoms with Gasteiger partial charge < -0.3 is 9.88 Å². The van der Waals surface area contributed by atoms with Crippen LogP contribution in [0.25, 0.3) is 11.0 Å². The summed E-state index contributed by atoms with van der Waals surface area (Å²) >= 11 is 0. The average molecular weight is 257 g/mol. The Bertz CT molecular complexity index is 617. The third-order valence-corrected chi connectivity index (χ3v) is 4.15. The number of ketones is 1. The Morgan fingerprint density at radius 3 is 2.95 bits per heavy atom. The van der Waals surface area contributed by atoms with E-state index in [2.05, 4.69) is 17.2 Å². The number of hydrogen-bond donors (Lipinski definition) is 1. The van der Waals surface area contributed by atoms with Gasteiger partial charge in [0.25, 0.3) is 0 Å². The zero-order chi connectivity index (χ0) is 13.4. The maximum absolute atomic E-state index is 12.4. The van der Waals surface area contributed by atoms with Gasteiger partial charge >= 0.3 is 0 Å². The van der Waals surface area contributed by atoms with Crippen molar-refractivity contribution >= 4 is 16.8 Å². The zero-order valence-electron chi connectivity index (χ0n) is 11.4. The van der Waals surface area contributed by atoms with Crippen molar-refractivity contribution in [3.63, 3.8) is 0 Å². The molecule has 1 fully saturated rings. The standard InChI is InChI=1S/C15H19N3O/c1-10-11(7-8-16-10)14(19)9-15-17-12-5-3-4-6-13(12)18(15)2/h3-6,10-11,16H,7-9H2,1-2H3. The Morgan fingerprint density at radius 2 is 2.26 bits per heavy atom. The smallest absolute Gasteiger partial charge is 0.145 e. The molecule has 0 amide bonds. The fraction of sp³-hybridized carbons (Fsp3) is 0.467. The number of rotatable bonds is 3. The fourth-order valence-electron chi connectivity index (χ4n) is 2.94. The van der Waals surface area contributed by atoms with E-state index >= 15 is 0 Å². The van der Waals surface area contributed by atoms with Crippen LogP contribution in [-0.4, -0.2) is 27.9 Å². The SMILES string of the molecule is CC1NCCC1C(=O)Cc1nc2ccccc2n1C. The molecule has 4 nitrogen and oxygen atoms in total. The second-order valence-corrected chi connectivity index (χ2v) is 5.36. The van der Waals surface area contributed by atoms with Gasteiger partial charge in [0.1, 0.15) is 11.6 Å². The summed E-state index contributed by atoms with van der Waals surface area (Å²) in [5.41, 5.74) is 2.05. The molecule has 0 spiro atoms. The molecule has 1 N–H and O–H groups in total. The third-order valence-electron chi connectivity index (χ3n) is 4.15. The second-order valence-electron chi connectivity index (χ2n) is 5.36. The molecule has 1 aliphatic rings. The molecule has 0 bridgehead atoms. The van der Waals surface area contributed by atoms with Crippen molar-refractivity contribution in [2.45, 2.75) is 25.8 Å². The van der Waals surface area contributed by atoms with Crippen LogP contribution in [0.2, 0.25) is 0 Å². The van der Waals surface area contributed by atoms with Crippen molar-refractivity contribution in [3.05, 3.63) is 30.1 Å². The highest BCUT2D eigenvalue weighted by Crippen LogP contribution is 2.20. The van der Waals surface area contributed by atoms with Crippen molar-refractivity contribution in [1.29, 1.82) is 0 Å². The van der Waals surface area contributed by atoms with E-state index in [1.807, 2.05) is 35.9 Å². The van der Waals surface area contributed by atoms with Crippen molar-refractivity contribution in [2.75, 3.05) is 6.54 Å². The molecule has 2 atom stereocenters. The molecule has 1 aliphatic heterocycles. The number of nitrogens with zero attached hydrogens (tertiary/aromatic N) is 2.